The van der Waals surface area contributed by atoms with Gasteiger partial charge in [0, 0.05) is 23.4 Å². The lowest BCUT2D eigenvalue weighted by molar-refractivity contribution is -0.385. The number of nitro benzene ring substituents is 2. The quantitative estimate of drug-likeness (QED) is 0.105. The van der Waals surface area contributed by atoms with E-state index in [2.05, 4.69) is 51.6 Å². The van der Waals surface area contributed by atoms with E-state index < -0.39 is 12.0 Å². The topological polar surface area (TPSA) is 127 Å². The molecule has 1 aliphatic carbocycles. The molecule has 0 spiro atoms. The zero-order valence-corrected chi connectivity index (χ0v) is 26.9. The number of benzene rings is 3. The zero-order chi connectivity index (χ0) is 31.5. The van der Waals surface area contributed by atoms with Gasteiger partial charge in [-0.2, -0.15) is 22.7 Å². The summed E-state index contributed by atoms with van der Waals surface area (Å²) in [7, 11) is -1.30. The number of thiophene rings is 3. The monoisotopic (exact) mass is 754 g/mol. The summed E-state index contributed by atoms with van der Waals surface area (Å²) >= 11 is 7.90. The summed E-state index contributed by atoms with van der Waals surface area (Å²) in [5, 5.41) is 47.4. The fourth-order valence-corrected chi connectivity index (χ4v) is 6.81. The highest BCUT2D eigenvalue weighted by molar-refractivity contribution is 9.10. The van der Waals surface area contributed by atoms with Crippen LogP contribution < -0.4 is 5.46 Å². The second-order valence-corrected chi connectivity index (χ2v) is 12.4. The molecule has 246 valence electrons. The molecule has 1 aliphatic rings. The van der Waals surface area contributed by atoms with E-state index in [0.717, 1.165) is 12.0 Å². The SMILES string of the molecule is C.C.C.O=[N+]([O-])c1ccccc1-c1ccsc1.O=[N+]([O-])c1ccccc1Br.OB(O)c1ccsc1.c1ccc2c(c1)Cc1sccc1-2. The van der Waals surface area contributed by atoms with Crippen molar-refractivity contribution in [2.45, 2.75) is 28.7 Å². The van der Waals surface area contributed by atoms with Gasteiger partial charge in [-0.1, -0.05) is 76.9 Å². The highest BCUT2D eigenvalue weighted by atomic mass is 79.9. The number of nitro groups is 2. The third kappa shape index (κ3) is 11.3. The average molecular weight is 756 g/mol. The zero-order valence-electron chi connectivity index (χ0n) is 22.9. The van der Waals surface area contributed by atoms with Gasteiger partial charge in [-0.3, -0.25) is 20.2 Å². The standard InChI is InChI=1S/C11H8S.C10H7NO2S.C6H4BrNO2.C4H5BO2S.3CH4/c1-2-4-9-8(3-1)7-11-10(9)5-6-12-11;12-11(13)10-4-2-1-3-9(10)8-5-6-14-7-8;7-5-3-1-2-4-6(5)8(9)10;6-5(7)4-1-2-8-3-4;;;/h1-6H,7H2;1-7H;1-4H;1-3,6-7H;3*1H4. The molecule has 0 amide bonds. The van der Waals surface area contributed by atoms with E-state index in [-0.39, 0.29) is 38.6 Å². The van der Waals surface area contributed by atoms with Crippen LogP contribution in [0.1, 0.15) is 32.7 Å². The molecule has 3 heterocycles. The Morgan fingerprint density at radius 2 is 1.23 bits per heavy atom. The minimum Gasteiger partial charge on any atom is -0.423 e. The lowest BCUT2D eigenvalue weighted by Crippen LogP contribution is -2.27. The van der Waals surface area contributed by atoms with Gasteiger partial charge in [0.25, 0.3) is 11.4 Å². The van der Waals surface area contributed by atoms with E-state index in [9.17, 15) is 20.2 Å². The second-order valence-electron chi connectivity index (χ2n) is 9.02. The molecule has 3 aromatic heterocycles. The van der Waals surface area contributed by atoms with Crippen molar-refractivity contribution in [3.8, 4) is 22.3 Å². The lowest BCUT2D eigenvalue weighted by atomic mass is 9.83. The van der Waals surface area contributed by atoms with Gasteiger partial charge in [-0.05, 0) is 94.8 Å². The predicted molar refractivity (Wildman–Crippen MR) is 204 cm³/mol. The summed E-state index contributed by atoms with van der Waals surface area (Å²) in [6.07, 6.45) is 1.14. The van der Waals surface area contributed by atoms with E-state index in [1.807, 2.05) is 28.2 Å². The highest BCUT2D eigenvalue weighted by Gasteiger charge is 2.18. The van der Waals surface area contributed by atoms with Crippen molar-refractivity contribution in [2.75, 3.05) is 0 Å². The van der Waals surface area contributed by atoms with Crippen LogP contribution in [-0.2, 0) is 6.42 Å². The molecule has 8 nitrogen and oxygen atoms in total. The van der Waals surface area contributed by atoms with Gasteiger partial charge in [-0.25, -0.2) is 0 Å². The summed E-state index contributed by atoms with van der Waals surface area (Å²) < 4.78 is 0.514. The van der Waals surface area contributed by atoms with Crippen LogP contribution in [0.5, 0.6) is 0 Å². The minimum absolute atomic E-state index is 0. The molecule has 6 aromatic rings. The first-order chi connectivity index (χ1) is 21.3. The van der Waals surface area contributed by atoms with Crippen molar-refractivity contribution in [3.05, 3.63) is 153 Å². The van der Waals surface area contributed by atoms with Crippen molar-refractivity contribution in [1.82, 2.24) is 0 Å². The second kappa shape index (κ2) is 20.3. The Morgan fingerprint density at radius 3 is 1.77 bits per heavy atom. The van der Waals surface area contributed by atoms with E-state index in [1.165, 1.54) is 56.4 Å². The summed E-state index contributed by atoms with van der Waals surface area (Å²) in [6.45, 7) is 0. The van der Waals surface area contributed by atoms with Crippen LogP contribution >= 0.6 is 49.9 Å². The van der Waals surface area contributed by atoms with Gasteiger partial charge < -0.3 is 10.0 Å². The van der Waals surface area contributed by atoms with Crippen molar-refractivity contribution >= 4 is 73.9 Å². The van der Waals surface area contributed by atoms with Crippen LogP contribution in [0.4, 0.5) is 11.4 Å². The van der Waals surface area contributed by atoms with Crippen LogP contribution in [0.15, 0.2) is 122 Å². The van der Waals surface area contributed by atoms with Gasteiger partial charge in [0.2, 0.25) is 0 Å². The third-order valence-electron chi connectivity index (χ3n) is 6.23. The molecule has 0 bridgehead atoms. The number of nitrogens with zero attached hydrogens (tertiary/aromatic N) is 2. The molecule has 0 saturated carbocycles. The number of hydrogen-bond acceptors (Lipinski definition) is 9. The van der Waals surface area contributed by atoms with Gasteiger partial charge in [0.05, 0.1) is 19.9 Å². The van der Waals surface area contributed by atoms with Gasteiger partial charge >= 0.3 is 7.12 Å². The highest BCUT2D eigenvalue weighted by Crippen LogP contribution is 2.39. The van der Waals surface area contributed by atoms with Crippen molar-refractivity contribution in [3.63, 3.8) is 0 Å². The van der Waals surface area contributed by atoms with Crippen molar-refractivity contribution in [1.29, 1.82) is 0 Å². The molecule has 0 saturated heterocycles. The van der Waals surface area contributed by atoms with Crippen LogP contribution in [0, 0.1) is 20.2 Å². The fraction of sp³-hybridized carbons (Fsp3) is 0.118. The Kier molecular flexibility index (Phi) is 17.7. The fourth-order valence-electron chi connectivity index (χ4n) is 4.14. The first-order valence-corrected chi connectivity index (χ1v) is 16.5. The minimum atomic E-state index is -1.30. The Labute approximate surface area is 296 Å². The molecule has 47 heavy (non-hydrogen) atoms. The van der Waals surface area contributed by atoms with Gasteiger partial charge in [-0.15, -0.1) is 11.3 Å². The van der Waals surface area contributed by atoms with Crippen LogP contribution in [0.3, 0.4) is 0 Å². The molecule has 0 aliphatic heterocycles. The number of halogens is 1. The van der Waals surface area contributed by atoms with Crippen molar-refractivity contribution in [2.24, 2.45) is 0 Å². The molecule has 0 fully saturated rings. The molecule has 2 N–H and O–H groups in total. The maximum atomic E-state index is 10.7. The molecule has 0 atom stereocenters. The number of rotatable bonds is 4. The first-order valence-electron chi connectivity index (χ1n) is 12.9. The van der Waals surface area contributed by atoms with E-state index in [1.54, 1.807) is 53.2 Å². The average Bonchev–Trinajstić information content (AvgIpc) is 3.84. The maximum absolute atomic E-state index is 10.7. The van der Waals surface area contributed by atoms with E-state index in [4.69, 9.17) is 10.0 Å². The summed E-state index contributed by atoms with van der Waals surface area (Å²) in [5.41, 5.74) is 6.79. The third-order valence-corrected chi connectivity index (χ3v) is 9.20. The number of hydrogen-bond donors (Lipinski definition) is 2. The Bertz CT molecular complexity index is 1810. The van der Waals surface area contributed by atoms with Crippen molar-refractivity contribution < 1.29 is 19.9 Å². The lowest BCUT2D eigenvalue weighted by Gasteiger charge is -1.98. The van der Waals surface area contributed by atoms with Crippen LogP contribution in [0.25, 0.3) is 22.3 Å². The van der Waals surface area contributed by atoms with E-state index >= 15 is 0 Å². The van der Waals surface area contributed by atoms with Crippen LogP contribution in [-0.4, -0.2) is 27.0 Å². The predicted octanol–water partition coefficient (Wildman–Crippen LogP) is 10.3. The number of fused-ring (bicyclic) bond motifs is 3. The summed E-state index contributed by atoms with van der Waals surface area (Å²) in [4.78, 5) is 21.7. The molecule has 0 radical (unpaired) electrons. The molecule has 7 rings (SSSR count). The molecule has 13 heteroatoms. The summed E-state index contributed by atoms with van der Waals surface area (Å²) in [5.74, 6) is 0. The Hall–Kier alpha value is -3.98. The maximum Gasteiger partial charge on any atom is 0.489 e. The van der Waals surface area contributed by atoms with Gasteiger partial charge in [0.15, 0.2) is 0 Å². The smallest absolute Gasteiger partial charge is 0.423 e. The molecular weight excluding hydrogens is 719 g/mol. The number of para-hydroxylation sites is 2. The largest absolute Gasteiger partial charge is 0.489 e. The molecule has 0 unspecified atom stereocenters. The van der Waals surface area contributed by atoms with E-state index in [0.29, 0.717) is 15.5 Å². The molecule has 3 aromatic carbocycles. The van der Waals surface area contributed by atoms with Gasteiger partial charge in [0.1, 0.15) is 0 Å². The molecular formula is C34H36BBrN2O6S3. The first kappa shape index (κ1) is 41.0. The Balaban J connectivity index is 0.000000313. The summed E-state index contributed by atoms with van der Waals surface area (Å²) in [6, 6.07) is 27.7. The van der Waals surface area contributed by atoms with Crippen LogP contribution in [0.2, 0.25) is 0 Å². The Morgan fingerprint density at radius 1 is 0.660 bits per heavy atom. The normalized spacial score (nSPS) is 9.77.